The van der Waals surface area contributed by atoms with Crippen LogP contribution < -0.4 is 0 Å². The standard InChI is InChI=1S/C15H25ClO2Si/c1-3-11-17-19(18-12-4-2)13-5-6-14-7-9-15(16)10-8-14/h7-10,19H,3-6,11-13H2,1-2H3. The maximum atomic E-state index is 5.88. The molecule has 0 aliphatic rings. The lowest BCUT2D eigenvalue weighted by molar-refractivity contribution is 0.196. The van der Waals surface area contributed by atoms with Gasteiger partial charge in [0, 0.05) is 18.2 Å². The van der Waals surface area contributed by atoms with Crippen molar-refractivity contribution in [3.8, 4) is 0 Å². The molecule has 2 nitrogen and oxygen atoms in total. The maximum Gasteiger partial charge on any atom is 0.321 e. The van der Waals surface area contributed by atoms with Gasteiger partial charge in [0.05, 0.1) is 0 Å². The second kappa shape index (κ2) is 10.4. The molecule has 0 spiro atoms. The summed E-state index contributed by atoms with van der Waals surface area (Å²) in [4.78, 5) is 0. The van der Waals surface area contributed by atoms with Gasteiger partial charge in [-0.05, 0) is 49.4 Å². The van der Waals surface area contributed by atoms with Gasteiger partial charge >= 0.3 is 9.28 Å². The van der Waals surface area contributed by atoms with Crippen molar-refractivity contribution in [2.45, 2.75) is 45.6 Å². The minimum Gasteiger partial charge on any atom is -0.397 e. The van der Waals surface area contributed by atoms with Crippen molar-refractivity contribution >= 4 is 20.9 Å². The fourth-order valence-electron chi connectivity index (χ4n) is 1.84. The van der Waals surface area contributed by atoms with Gasteiger partial charge in [0.15, 0.2) is 0 Å². The predicted octanol–water partition coefficient (Wildman–Crippen LogP) is 4.35. The van der Waals surface area contributed by atoms with Gasteiger partial charge in [-0.2, -0.15) is 0 Å². The third-order valence-electron chi connectivity index (χ3n) is 2.83. The highest BCUT2D eigenvalue weighted by Gasteiger charge is 2.12. The molecule has 0 N–H and O–H groups in total. The number of rotatable bonds is 10. The fourth-order valence-corrected chi connectivity index (χ4v) is 3.93. The molecule has 0 aromatic heterocycles. The highest BCUT2D eigenvalue weighted by molar-refractivity contribution is 6.44. The maximum absolute atomic E-state index is 5.88. The number of hydrogen-bond donors (Lipinski definition) is 0. The highest BCUT2D eigenvalue weighted by atomic mass is 35.5. The average Bonchev–Trinajstić information content (AvgIpc) is 2.43. The van der Waals surface area contributed by atoms with Crippen LogP contribution >= 0.6 is 11.6 Å². The van der Waals surface area contributed by atoms with Gasteiger partial charge in [-0.25, -0.2) is 0 Å². The van der Waals surface area contributed by atoms with E-state index in [2.05, 4.69) is 26.0 Å². The number of hydrogen-bond acceptors (Lipinski definition) is 2. The smallest absolute Gasteiger partial charge is 0.321 e. The largest absolute Gasteiger partial charge is 0.397 e. The zero-order valence-corrected chi connectivity index (χ0v) is 13.9. The van der Waals surface area contributed by atoms with Crippen molar-refractivity contribution in [1.82, 2.24) is 0 Å². The predicted molar refractivity (Wildman–Crippen MR) is 84.2 cm³/mol. The molecule has 0 aliphatic heterocycles. The van der Waals surface area contributed by atoms with Gasteiger partial charge in [0.2, 0.25) is 0 Å². The molecule has 1 aromatic rings. The Morgan fingerprint density at radius 1 is 1.00 bits per heavy atom. The summed E-state index contributed by atoms with van der Waals surface area (Å²) < 4.78 is 11.7. The van der Waals surface area contributed by atoms with Crippen LogP contribution in [0.1, 0.15) is 38.7 Å². The molecule has 1 rings (SSSR count). The third kappa shape index (κ3) is 7.73. The van der Waals surface area contributed by atoms with E-state index in [0.29, 0.717) is 0 Å². The summed E-state index contributed by atoms with van der Waals surface area (Å²) in [7, 11) is -1.45. The fraction of sp³-hybridized carbons (Fsp3) is 0.600. The monoisotopic (exact) mass is 300 g/mol. The van der Waals surface area contributed by atoms with Gasteiger partial charge < -0.3 is 8.85 Å². The summed E-state index contributed by atoms with van der Waals surface area (Å²) in [6.07, 6.45) is 4.34. The Morgan fingerprint density at radius 3 is 2.11 bits per heavy atom. The molecular weight excluding hydrogens is 276 g/mol. The average molecular weight is 301 g/mol. The minimum absolute atomic E-state index is 0.800. The van der Waals surface area contributed by atoms with E-state index in [9.17, 15) is 0 Å². The Labute approximate surface area is 123 Å². The highest BCUT2D eigenvalue weighted by Crippen LogP contribution is 2.13. The van der Waals surface area contributed by atoms with Crippen LogP contribution in [0.4, 0.5) is 0 Å². The second-order valence-corrected chi connectivity index (χ2v) is 7.23. The third-order valence-corrected chi connectivity index (χ3v) is 5.18. The lowest BCUT2D eigenvalue weighted by atomic mass is 10.1. The Morgan fingerprint density at radius 2 is 1.58 bits per heavy atom. The van der Waals surface area contributed by atoms with Gasteiger partial charge in [0.1, 0.15) is 0 Å². The molecule has 0 unspecified atom stereocenters. The summed E-state index contributed by atoms with van der Waals surface area (Å²) in [5.41, 5.74) is 1.34. The van der Waals surface area contributed by atoms with E-state index < -0.39 is 9.28 Å². The van der Waals surface area contributed by atoms with E-state index in [-0.39, 0.29) is 0 Å². The minimum atomic E-state index is -1.45. The molecule has 0 radical (unpaired) electrons. The van der Waals surface area contributed by atoms with Gasteiger partial charge in [-0.15, -0.1) is 0 Å². The molecule has 4 heteroatoms. The van der Waals surface area contributed by atoms with Crippen molar-refractivity contribution < 1.29 is 8.85 Å². The van der Waals surface area contributed by atoms with E-state index in [1.54, 1.807) is 0 Å². The van der Waals surface area contributed by atoms with Crippen molar-refractivity contribution in [3.63, 3.8) is 0 Å². The molecular formula is C15H25ClO2Si. The Balaban J connectivity index is 2.27. The summed E-state index contributed by atoms with van der Waals surface area (Å²) in [5.74, 6) is 0. The van der Waals surface area contributed by atoms with Crippen LogP contribution in [-0.4, -0.2) is 22.5 Å². The second-order valence-electron chi connectivity index (χ2n) is 4.69. The molecule has 19 heavy (non-hydrogen) atoms. The molecule has 0 atom stereocenters. The van der Waals surface area contributed by atoms with Crippen LogP contribution in [-0.2, 0) is 15.3 Å². The first-order valence-corrected chi connectivity index (χ1v) is 9.37. The van der Waals surface area contributed by atoms with Gasteiger partial charge in [-0.1, -0.05) is 37.6 Å². The van der Waals surface area contributed by atoms with Crippen molar-refractivity contribution in [3.05, 3.63) is 34.9 Å². The van der Waals surface area contributed by atoms with E-state index in [0.717, 1.165) is 50.0 Å². The van der Waals surface area contributed by atoms with Crippen molar-refractivity contribution in [2.24, 2.45) is 0 Å². The van der Waals surface area contributed by atoms with Gasteiger partial charge in [-0.3, -0.25) is 0 Å². The summed E-state index contributed by atoms with van der Waals surface area (Å²) in [6, 6.07) is 9.18. The molecule has 0 bridgehead atoms. The summed E-state index contributed by atoms with van der Waals surface area (Å²) >= 11 is 5.88. The van der Waals surface area contributed by atoms with Crippen LogP contribution in [0.3, 0.4) is 0 Å². The van der Waals surface area contributed by atoms with Crippen LogP contribution in [0.5, 0.6) is 0 Å². The van der Waals surface area contributed by atoms with E-state index >= 15 is 0 Å². The van der Waals surface area contributed by atoms with Crippen LogP contribution in [0, 0.1) is 0 Å². The van der Waals surface area contributed by atoms with Crippen LogP contribution in [0.25, 0.3) is 0 Å². The SMILES string of the molecule is CCCO[SiH](CCCc1ccc(Cl)cc1)OCCC. The Kier molecular flexibility index (Phi) is 9.17. The summed E-state index contributed by atoms with van der Waals surface area (Å²) in [5, 5.41) is 0.800. The number of halogens is 1. The number of aryl methyl sites for hydroxylation is 1. The topological polar surface area (TPSA) is 18.5 Å². The Hall–Kier alpha value is -0.353. The quantitative estimate of drug-likeness (QED) is 0.598. The van der Waals surface area contributed by atoms with E-state index in [1.165, 1.54) is 5.56 Å². The molecule has 0 saturated carbocycles. The van der Waals surface area contributed by atoms with Crippen LogP contribution in [0.2, 0.25) is 11.1 Å². The molecule has 0 aliphatic carbocycles. The zero-order valence-electron chi connectivity index (χ0n) is 12.0. The first kappa shape index (κ1) is 16.7. The van der Waals surface area contributed by atoms with Gasteiger partial charge in [0.25, 0.3) is 0 Å². The molecule has 108 valence electrons. The molecule has 1 aromatic carbocycles. The molecule has 0 amide bonds. The van der Waals surface area contributed by atoms with Crippen molar-refractivity contribution in [1.29, 1.82) is 0 Å². The normalized spacial score (nSPS) is 11.2. The Bertz CT molecular complexity index is 321. The molecule has 0 fully saturated rings. The number of benzene rings is 1. The summed E-state index contributed by atoms with van der Waals surface area (Å²) in [6.45, 7) is 5.95. The lowest BCUT2D eigenvalue weighted by Crippen LogP contribution is -2.24. The van der Waals surface area contributed by atoms with Crippen molar-refractivity contribution in [2.75, 3.05) is 13.2 Å². The zero-order chi connectivity index (χ0) is 13.9. The van der Waals surface area contributed by atoms with E-state index in [1.807, 2.05) is 12.1 Å². The van der Waals surface area contributed by atoms with E-state index in [4.69, 9.17) is 20.5 Å². The first-order chi connectivity index (χ1) is 9.26. The first-order valence-electron chi connectivity index (χ1n) is 7.24. The van der Waals surface area contributed by atoms with Crippen LogP contribution in [0.15, 0.2) is 24.3 Å². The molecule has 0 heterocycles. The lowest BCUT2D eigenvalue weighted by Gasteiger charge is -2.16. The molecule has 0 saturated heterocycles.